The van der Waals surface area contributed by atoms with Crippen molar-refractivity contribution in [3.05, 3.63) is 29.5 Å². The highest BCUT2D eigenvalue weighted by Crippen LogP contribution is 2.36. The topological polar surface area (TPSA) is 72.1 Å². The van der Waals surface area contributed by atoms with Crippen molar-refractivity contribution < 1.29 is 23.8 Å². The van der Waals surface area contributed by atoms with Crippen LogP contribution in [0.4, 0.5) is 0 Å². The number of carbonyl (C=O) groups excluding carboxylic acids is 1. The van der Waals surface area contributed by atoms with E-state index in [2.05, 4.69) is 0 Å². The zero-order chi connectivity index (χ0) is 18.3. The lowest BCUT2D eigenvalue weighted by Gasteiger charge is -2.46. The number of fused-ring (bicyclic) bond motifs is 1. The van der Waals surface area contributed by atoms with Crippen molar-refractivity contribution >= 4 is 16.9 Å². The molecule has 1 N–H and O–H groups in total. The molecule has 26 heavy (non-hydrogen) atoms. The zero-order valence-electron chi connectivity index (χ0n) is 15.3. The molecule has 2 aliphatic rings. The van der Waals surface area contributed by atoms with Crippen molar-refractivity contribution in [2.24, 2.45) is 0 Å². The van der Waals surface area contributed by atoms with Crippen LogP contribution < -0.4 is 4.74 Å². The summed E-state index contributed by atoms with van der Waals surface area (Å²) >= 11 is 0. The fourth-order valence-corrected chi connectivity index (χ4v) is 4.16. The summed E-state index contributed by atoms with van der Waals surface area (Å²) < 4.78 is 17.0. The van der Waals surface area contributed by atoms with E-state index >= 15 is 0 Å². The van der Waals surface area contributed by atoms with Gasteiger partial charge in [-0.2, -0.15) is 0 Å². The van der Waals surface area contributed by atoms with Crippen LogP contribution in [0.1, 0.15) is 41.8 Å². The number of nitrogens with zero attached hydrogens (tertiary/aromatic N) is 1. The number of likely N-dealkylation sites (tertiary alicyclic amines) is 1. The number of methoxy groups -OCH3 is 1. The smallest absolute Gasteiger partial charge is 0.289 e. The molecule has 0 saturated carbocycles. The second kappa shape index (κ2) is 6.59. The number of ether oxygens (including phenoxy) is 2. The molecule has 2 saturated heterocycles. The summed E-state index contributed by atoms with van der Waals surface area (Å²) in [5.74, 6) is 0.987. The number of carbonyl (C=O) groups is 1. The van der Waals surface area contributed by atoms with Gasteiger partial charge in [0.25, 0.3) is 5.91 Å². The molecule has 0 bridgehead atoms. The molecule has 0 aliphatic carbocycles. The molecule has 6 nitrogen and oxygen atoms in total. The van der Waals surface area contributed by atoms with Crippen LogP contribution in [-0.4, -0.2) is 54.4 Å². The average molecular weight is 359 g/mol. The largest absolute Gasteiger partial charge is 0.497 e. The Balaban J connectivity index is 1.53. The summed E-state index contributed by atoms with van der Waals surface area (Å²) in [6.45, 7) is 3.73. The lowest BCUT2D eigenvalue weighted by molar-refractivity contribution is -0.174. The van der Waals surface area contributed by atoms with Crippen molar-refractivity contribution in [1.82, 2.24) is 4.90 Å². The maximum Gasteiger partial charge on any atom is 0.289 e. The van der Waals surface area contributed by atoms with Crippen LogP contribution >= 0.6 is 0 Å². The number of aliphatic hydroxyl groups excluding tert-OH is 1. The van der Waals surface area contributed by atoms with Crippen LogP contribution in [0.5, 0.6) is 5.75 Å². The van der Waals surface area contributed by atoms with Crippen LogP contribution in [0.2, 0.25) is 0 Å². The van der Waals surface area contributed by atoms with Crippen LogP contribution in [0.15, 0.2) is 22.6 Å². The van der Waals surface area contributed by atoms with Crippen molar-refractivity contribution in [2.75, 3.05) is 26.8 Å². The normalized spacial score (nSPS) is 22.7. The van der Waals surface area contributed by atoms with Crippen LogP contribution in [0.25, 0.3) is 11.0 Å². The Kier molecular flexibility index (Phi) is 4.40. The van der Waals surface area contributed by atoms with Crippen molar-refractivity contribution in [2.45, 2.75) is 44.3 Å². The monoisotopic (exact) mass is 359 g/mol. The van der Waals surface area contributed by atoms with E-state index in [1.165, 1.54) is 0 Å². The quantitative estimate of drug-likeness (QED) is 0.893. The first-order valence-corrected chi connectivity index (χ1v) is 9.22. The molecule has 3 heterocycles. The fourth-order valence-electron chi connectivity index (χ4n) is 4.16. The summed E-state index contributed by atoms with van der Waals surface area (Å²) in [4.78, 5) is 14.8. The van der Waals surface area contributed by atoms with Gasteiger partial charge in [-0.05, 0) is 44.7 Å². The first-order valence-electron chi connectivity index (χ1n) is 9.22. The number of benzene rings is 1. The number of rotatable bonds is 2. The zero-order valence-corrected chi connectivity index (χ0v) is 15.3. The van der Waals surface area contributed by atoms with Gasteiger partial charge in [0.2, 0.25) is 0 Å². The molecule has 2 fully saturated rings. The third-order valence-corrected chi connectivity index (χ3v) is 5.86. The molecule has 1 amide bonds. The number of amides is 1. The van der Waals surface area contributed by atoms with Gasteiger partial charge < -0.3 is 23.9 Å². The number of aliphatic hydroxyl groups is 1. The molecule has 0 radical (unpaired) electrons. The minimum atomic E-state index is -0.481. The Bertz CT molecular complexity index is 819. The van der Waals surface area contributed by atoms with Gasteiger partial charge in [-0.15, -0.1) is 0 Å². The highest BCUT2D eigenvalue weighted by atomic mass is 16.5. The maximum absolute atomic E-state index is 13.0. The Hall–Kier alpha value is -2.05. The first kappa shape index (κ1) is 17.4. The predicted molar refractivity (Wildman–Crippen MR) is 96.6 cm³/mol. The van der Waals surface area contributed by atoms with E-state index in [0.717, 1.165) is 23.8 Å². The fraction of sp³-hybridized carbons (Fsp3) is 0.550. The van der Waals surface area contributed by atoms with E-state index in [-0.39, 0.29) is 5.91 Å². The molecule has 140 valence electrons. The van der Waals surface area contributed by atoms with E-state index in [0.29, 0.717) is 49.6 Å². The summed E-state index contributed by atoms with van der Waals surface area (Å²) in [6.07, 6.45) is 2.56. The van der Waals surface area contributed by atoms with Gasteiger partial charge in [0.1, 0.15) is 11.3 Å². The van der Waals surface area contributed by atoms with Crippen molar-refractivity contribution in [3.63, 3.8) is 0 Å². The molecule has 2 aromatic rings. The summed E-state index contributed by atoms with van der Waals surface area (Å²) in [5, 5.41) is 11.3. The van der Waals surface area contributed by atoms with Crippen LogP contribution in [-0.2, 0) is 4.74 Å². The molecule has 1 aromatic carbocycles. The predicted octanol–water partition coefficient (Wildman–Crippen LogP) is 2.90. The SMILES string of the molecule is COc1ccc2c(C)c(C(=O)N3CCC4(CC3)OCCCC4O)oc2c1. The second-order valence-corrected chi connectivity index (χ2v) is 7.28. The Morgan fingerprint density at radius 3 is 2.81 bits per heavy atom. The molecular formula is C20H25NO5. The molecule has 4 rings (SSSR count). The van der Waals surface area contributed by atoms with Gasteiger partial charge in [-0.25, -0.2) is 0 Å². The van der Waals surface area contributed by atoms with Gasteiger partial charge in [-0.3, -0.25) is 4.79 Å². The number of hydrogen-bond donors (Lipinski definition) is 1. The third kappa shape index (κ3) is 2.77. The minimum Gasteiger partial charge on any atom is -0.497 e. The maximum atomic E-state index is 13.0. The Labute approximate surface area is 152 Å². The van der Waals surface area contributed by atoms with E-state index in [1.54, 1.807) is 18.1 Å². The lowest BCUT2D eigenvalue weighted by Crippen LogP contribution is -2.56. The molecule has 6 heteroatoms. The Morgan fingerprint density at radius 1 is 1.35 bits per heavy atom. The number of aryl methyl sites for hydroxylation is 1. The van der Waals surface area contributed by atoms with Gasteiger partial charge in [0, 0.05) is 36.7 Å². The average Bonchev–Trinajstić information content (AvgIpc) is 3.00. The van der Waals surface area contributed by atoms with Crippen LogP contribution in [0.3, 0.4) is 0 Å². The van der Waals surface area contributed by atoms with Gasteiger partial charge in [0.15, 0.2) is 5.76 Å². The highest BCUT2D eigenvalue weighted by Gasteiger charge is 2.44. The minimum absolute atomic E-state index is 0.0992. The van der Waals surface area contributed by atoms with Crippen molar-refractivity contribution in [3.8, 4) is 5.75 Å². The van der Waals surface area contributed by atoms with Crippen molar-refractivity contribution in [1.29, 1.82) is 0 Å². The molecule has 1 aromatic heterocycles. The van der Waals surface area contributed by atoms with Gasteiger partial charge >= 0.3 is 0 Å². The van der Waals surface area contributed by atoms with Crippen LogP contribution in [0, 0.1) is 6.92 Å². The number of hydrogen-bond acceptors (Lipinski definition) is 5. The van der Waals surface area contributed by atoms with Gasteiger partial charge in [0.05, 0.1) is 18.8 Å². The summed E-state index contributed by atoms with van der Waals surface area (Å²) in [5.41, 5.74) is 1.03. The summed E-state index contributed by atoms with van der Waals surface area (Å²) in [7, 11) is 1.61. The van der Waals surface area contributed by atoms with E-state index in [1.807, 2.05) is 19.1 Å². The molecule has 2 aliphatic heterocycles. The number of piperidine rings is 1. The molecular weight excluding hydrogens is 334 g/mol. The molecule has 1 unspecified atom stereocenters. The first-order chi connectivity index (χ1) is 12.5. The van der Waals surface area contributed by atoms with E-state index in [4.69, 9.17) is 13.9 Å². The molecule has 1 atom stereocenters. The lowest BCUT2D eigenvalue weighted by atomic mass is 9.82. The number of furan rings is 1. The standard InChI is InChI=1S/C20H25NO5/c1-13-15-6-5-14(24-2)12-16(15)26-18(13)19(23)21-9-7-20(8-10-21)17(22)4-3-11-25-20/h5-6,12,17,22H,3-4,7-11H2,1-2H3. The molecule has 1 spiro atoms. The second-order valence-electron chi connectivity index (χ2n) is 7.28. The van der Waals surface area contributed by atoms with E-state index < -0.39 is 11.7 Å². The van der Waals surface area contributed by atoms with E-state index in [9.17, 15) is 9.90 Å². The summed E-state index contributed by atoms with van der Waals surface area (Å²) in [6, 6.07) is 5.59. The third-order valence-electron chi connectivity index (χ3n) is 5.86. The Morgan fingerprint density at radius 2 is 2.12 bits per heavy atom. The highest BCUT2D eigenvalue weighted by molar-refractivity contribution is 5.99. The van der Waals surface area contributed by atoms with Gasteiger partial charge in [-0.1, -0.05) is 0 Å².